The average molecular weight is 436 g/mol. The zero-order valence-corrected chi connectivity index (χ0v) is 16.7. The van der Waals surface area contributed by atoms with Crippen molar-refractivity contribution < 1.29 is 27.1 Å². The number of amides is 1. The van der Waals surface area contributed by atoms with Crippen LogP contribution in [0.5, 0.6) is 5.75 Å². The minimum atomic E-state index is -4.99. The van der Waals surface area contributed by atoms with E-state index in [1.54, 1.807) is 12.1 Å². The molecule has 0 bridgehead atoms. The van der Waals surface area contributed by atoms with Gasteiger partial charge in [-0.1, -0.05) is 44.2 Å². The van der Waals surface area contributed by atoms with Gasteiger partial charge in [-0.2, -0.15) is 15.0 Å². The maximum atomic E-state index is 13.9. The Kier molecular flexibility index (Phi) is 6.28. The lowest BCUT2D eigenvalue weighted by atomic mass is 9.93. The lowest BCUT2D eigenvalue weighted by Gasteiger charge is -2.13. The second-order valence-electron chi connectivity index (χ2n) is 7.27. The minimum Gasteiger partial charge on any atom is -0.403 e. The quantitative estimate of drug-likeness (QED) is 0.565. The first-order chi connectivity index (χ1) is 14.5. The zero-order chi connectivity index (χ0) is 22.8. The van der Waals surface area contributed by atoms with E-state index < -0.39 is 29.8 Å². The van der Waals surface area contributed by atoms with Crippen LogP contribution in [0.2, 0.25) is 0 Å². The van der Waals surface area contributed by atoms with Gasteiger partial charge in [0.15, 0.2) is 11.6 Å². The maximum absolute atomic E-state index is 13.9. The molecular formula is C21H20F4N4O2. The van der Waals surface area contributed by atoms with Gasteiger partial charge in [0, 0.05) is 0 Å². The molecule has 10 heteroatoms. The first-order valence-corrected chi connectivity index (χ1v) is 9.37. The summed E-state index contributed by atoms with van der Waals surface area (Å²) in [6, 6.07) is 10.5. The lowest BCUT2D eigenvalue weighted by molar-refractivity contribution is -0.275. The van der Waals surface area contributed by atoms with E-state index in [-0.39, 0.29) is 6.54 Å². The van der Waals surface area contributed by atoms with E-state index in [0.717, 1.165) is 17.7 Å². The fourth-order valence-corrected chi connectivity index (χ4v) is 3.09. The third-order valence-corrected chi connectivity index (χ3v) is 4.62. The molecule has 1 heterocycles. The summed E-state index contributed by atoms with van der Waals surface area (Å²) in [5.41, 5.74) is 7.96. The van der Waals surface area contributed by atoms with Crippen molar-refractivity contribution in [1.82, 2.24) is 15.0 Å². The topological polar surface area (TPSA) is 83.0 Å². The van der Waals surface area contributed by atoms with Gasteiger partial charge in [0.05, 0.1) is 18.4 Å². The Morgan fingerprint density at radius 1 is 1.13 bits per heavy atom. The van der Waals surface area contributed by atoms with Crippen molar-refractivity contribution in [3.05, 3.63) is 76.9 Å². The SMILES string of the molecule is CC(C)c1ccc(C(C(N)=O)c2cnn(Cc3ccc(OC(F)(F)F)c(F)c3)n2)cc1. The molecule has 2 N–H and O–H groups in total. The Bertz CT molecular complexity index is 1060. The summed E-state index contributed by atoms with van der Waals surface area (Å²) in [6.07, 6.45) is -3.61. The Labute approximate surface area is 175 Å². The monoisotopic (exact) mass is 436 g/mol. The molecule has 0 saturated heterocycles. The molecule has 1 aromatic heterocycles. The number of benzene rings is 2. The normalized spacial score (nSPS) is 12.7. The predicted molar refractivity (Wildman–Crippen MR) is 104 cm³/mol. The number of carbonyl (C=O) groups is 1. The molecule has 6 nitrogen and oxygen atoms in total. The van der Waals surface area contributed by atoms with Crippen molar-refractivity contribution in [2.45, 2.75) is 38.6 Å². The number of nitrogens with two attached hydrogens (primary N) is 1. The van der Waals surface area contributed by atoms with Crippen LogP contribution in [0.25, 0.3) is 0 Å². The number of primary amides is 1. The molecule has 0 fully saturated rings. The van der Waals surface area contributed by atoms with Gasteiger partial charge in [0.25, 0.3) is 0 Å². The minimum absolute atomic E-state index is 0.0268. The van der Waals surface area contributed by atoms with Crippen LogP contribution < -0.4 is 10.5 Å². The molecule has 2 aromatic carbocycles. The summed E-state index contributed by atoms with van der Waals surface area (Å²) in [4.78, 5) is 13.3. The third-order valence-electron chi connectivity index (χ3n) is 4.62. The standard InChI is InChI=1S/C21H20F4N4O2/c1-12(2)14-4-6-15(7-5-14)19(20(26)30)17-10-27-29(28-17)11-13-3-8-18(16(22)9-13)31-21(23,24)25/h3-10,12,19H,11H2,1-2H3,(H2,26,30). The molecule has 0 aliphatic rings. The number of rotatable bonds is 7. The number of aromatic nitrogens is 3. The van der Waals surface area contributed by atoms with Gasteiger partial charge in [0.1, 0.15) is 5.92 Å². The molecule has 31 heavy (non-hydrogen) atoms. The van der Waals surface area contributed by atoms with Gasteiger partial charge in [-0.15, -0.1) is 13.2 Å². The third kappa shape index (κ3) is 5.59. The van der Waals surface area contributed by atoms with Crippen molar-refractivity contribution in [2.75, 3.05) is 0 Å². The van der Waals surface area contributed by atoms with Gasteiger partial charge in [-0.05, 0) is 34.7 Å². The van der Waals surface area contributed by atoms with Crippen LogP contribution in [0.4, 0.5) is 17.6 Å². The van der Waals surface area contributed by atoms with E-state index in [9.17, 15) is 22.4 Å². The number of alkyl halides is 3. The van der Waals surface area contributed by atoms with E-state index in [1.807, 2.05) is 12.1 Å². The molecule has 1 atom stereocenters. The van der Waals surface area contributed by atoms with E-state index >= 15 is 0 Å². The number of hydrogen-bond acceptors (Lipinski definition) is 4. The Balaban J connectivity index is 1.79. The van der Waals surface area contributed by atoms with Crippen molar-refractivity contribution in [3.63, 3.8) is 0 Å². The number of ether oxygens (including phenoxy) is 1. The number of carbonyl (C=O) groups excluding carboxylic acids is 1. The fraction of sp³-hybridized carbons (Fsp3) is 0.286. The average Bonchev–Trinajstić information content (AvgIpc) is 3.11. The Hall–Kier alpha value is -3.43. The first-order valence-electron chi connectivity index (χ1n) is 9.37. The highest BCUT2D eigenvalue weighted by atomic mass is 19.4. The van der Waals surface area contributed by atoms with Crippen LogP contribution in [0.15, 0.2) is 48.7 Å². The highest BCUT2D eigenvalue weighted by Crippen LogP contribution is 2.27. The van der Waals surface area contributed by atoms with E-state index in [4.69, 9.17) is 5.73 Å². The molecule has 3 aromatic rings. The maximum Gasteiger partial charge on any atom is 0.573 e. The summed E-state index contributed by atoms with van der Waals surface area (Å²) in [5, 5.41) is 8.31. The van der Waals surface area contributed by atoms with Crippen molar-refractivity contribution in [1.29, 1.82) is 0 Å². The fourth-order valence-electron chi connectivity index (χ4n) is 3.09. The molecule has 0 spiro atoms. The molecular weight excluding hydrogens is 416 g/mol. The van der Waals surface area contributed by atoms with Crippen molar-refractivity contribution >= 4 is 5.91 Å². The zero-order valence-electron chi connectivity index (χ0n) is 16.7. The molecule has 3 rings (SSSR count). The number of nitrogens with zero attached hydrogens (tertiary/aromatic N) is 3. The van der Waals surface area contributed by atoms with E-state index in [1.165, 1.54) is 17.1 Å². The summed E-state index contributed by atoms with van der Waals surface area (Å²) >= 11 is 0. The number of halogens is 4. The van der Waals surface area contributed by atoms with E-state index in [2.05, 4.69) is 28.8 Å². The molecule has 164 valence electrons. The second-order valence-corrected chi connectivity index (χ2v) is 7.27. The molecule has 1 amide bonds. The molecule has 0 aliphatic carbocycles. The molecule has 0 radical (unpaired) electrons. The second kappa shape index (κ2) is 8.75. The smallest absolute Gasteiger partial charge is 0.403 e. The van der Waals surface area contributed by atoms with Crippen LogP contribution >= 0.6 is 0 Å². The van der Waals surface area contributed by atoms with Crippen LogP contribution in [0.3, 0.4) is 0 Å². The van der Waals surface area contributed by atoms with Gasteiger partial charge in [-0.25, -0.2) is 4.39 Å². The molecule has 1 unspecified atom stereocenters. The van der Waals surface area contributed by atoms with Crippen LogP contribution in [-0.4, -0.2) is 27.3 Å². The summed E-state index contributed by atoms with van der Waals surface area (Å²) in [7, 11) is 0. The Morgan fingerprint density at radius 2 is 1.77 bits per heavy atom. The Morgan fingerprint density at radius 3 is 2.32 bits per heavy atom. The summed E-state index contributed by atoms with van der Waals surface area (Å²) < 4.78 is 54.3. The molecule has 0 saturated carbocycles. The summed E-state index contributed by atoms with van der Waals surface area (Å²) in [6.45, 7) is 4.08. The predicted octanol–water partition coefficient (Wildman–Crippen LogP) is 4.10. The van der Waals surface area contributed by atoms with Gasteiger partial charge >= 0.3 is 6.36 Å². The first kappa shape index (κ1) is 22.3. The van der Waals surface area contributed by atoms with Gasteiger partial charge < -0.3 is 10.5 Å². The number of hydrogen-bond donors (Lipinski definition) is 1. The highest BCUT2D eigenvalue weighted by molar-refractivity contribution is 5.85. The van der Waals surface area contributed by atoms with Crippen LogP contribution in [-0.2, 0) is 11.3 Å². The molecule has 0 aliphatic heterocycles. The van der Waals surface area contributed by atoms with Crippen molar-refractivity contribution in [3.8, 4) is 5.75 Å². The largest absolute Gasteiger partial charge is 0.573 e. The van der Waals surface area contributed by atoms with Crippen molar-refractivity contribution in [2.24, 2.45) is 5.73 Å². The summed E-state index contributed by atoms with van der Waals surface area (Å²) in [5.74, 6) is -3.19. The van der Waals surface area contributed by atoms with Crippen LogP contribution in [0, 0.1) is 5.82 Å². The van der Waals surface area contributed by atoms with Gasteiger partial charge in [-0.3, -0.25) is 4.79 Å². The van der Waals surface area contributed by atoms with Crippen LogP contribution in [0.1, 0.15) is 48.1 Å². The highest BCUT2D eigenvalue weighted by Gasteiger charge is 2.32. The van der Waals surface area contributed by atoms with Gasteiger partial charge in [0.2, 0.25) is 5.91 Å². The van der Waals surface area contributed by atoms with E-state index in [0.29, 0.717) is 22.7 Å². The lowest BCUT2D eigenvalue weighted by Crippen LogP contribution is -2.23.